The van der Waals surface area contributed by atoms with Crippen LogP contribution < -0.4 is 5.32 Å². The zero-order chi connectivity index (χ0) is 16.1. The summed E-state index contributed by atoms with van der Waals surface area (Å²) >= 11 is 5.92. The van der Waals surface area contributed by atoms with Crippen molar-refractivity contribution in [3.63, 3.8) is 0 Å². The lowest BCUT2D eigenvalue weighted by Crippen LogP contribution is -2.26. The Bertz CT molecular complexity index is 634. The van der Waals surface area contributed by atoms with Crippen LogP contribution in [-0.2, 0) is 0 Å². The summed E-state index contributed by atoms with van der Waals surface area (Å²) in [5.41, 5.74) is 2.03. The first-order valence-electron chi connectivity index (χ1n) is 7.54. The monoisotopic (exact) mass is 320 g/mol. The smallest absolute Gasteiger partial charge is 0.273 e. The van der Waals surface area contributed by atoms with E-state index in [4.69, 9.17) is 11.6 Å². The maximum absolute atomic E-state index is 12.3. The molecule has 0 saturated carbocycles. The summed E-state index contributed by atoms with van der Waals surface area (Å²) in [6.45, 7) is 6.78. The summed E-state index contributed by atoms with van der Waals surface area (Å²) in [6, 6.07) is 7.32. The number of halogens is 1. The second-order valence-electron chi connectivity index (χ2n) is 5.48. The average molecular weight is 321 g/mol. The molecule has 5 nitrogen and oxygen atoms in total. The number of carbonyl (C=O) groups is 1. The molecule has 2 rings (SSSR count). The molecule has 0 spiro atoms. The SMILES string of the molecule is CCCCNC(=O)c1nnn(-c2ccc(Cl)cc2)c1C(C)C. The lowest BCUT2D eigenvalue weighted by molar-refractivity contribution is 0.0946. The average Bonchev–Trinajstić information content (AvgIpc) is 2.93. The van der Waals surface area contributed by atoms with Gasteiger partial charge in [0.05, 0.1) is 11.4 Å². The van der Waals surface area contributed by atoms with Crippen LogP contribution in [0.3, 0.4) is 0 Å². The molecule has 0 saturated heterocycles. The topological polar surface area (TPSA) is 59.8 Å². The number of carbonyl (C=O) groups excluding carboxylic acids is 1. The fourth-order valence-electron chi connectivity index (χ4n) is 2.20. The number of hydrogen-bond donors (Lipinski definition) is 1. The van der Waals surface area contributed by atoms with Crippen LogP contribution in [0.15, 0.2) is 24.3 Å². The van der Waals surface area contributed by atoms with E-state index in [9.17, 15) is 4.79 Å². The predicted molar refractivity (Wildman–Crippen MR) is 87.7 cm³/mol. The Labute approximate surface area is 135 Å². The van der Waals surface area contributed by atoms with Gasteiger partial charge < -0.3 is 5.32 Å². The molecule has 0 fully saturated rings. The Morgan fingerprint density at radius 2 is 2.00 bits per heavy atom. The Morgan fingerprint density at radius 3 is 2.59 bits per heavy atom. The van der Waals surface area contributed by atoms with Gasteiger partial charge in [0.25, 0.3) is 5.91 Å². The summed E-state index contributed by atoms with van der Waals surface area (Å²) in [5, 5.41) is 11.8. The molecule has 0 aliphatic heterocycles. The van der Waals surface area contributed by atoms with Gasteiger partial charge in [0.1, 0.15) is 0 Å². The molecule has 0 radical (unpaired) electrons. The minimum Gasteiger partial charge on any atom is -0.351 e. The summed E-state index contributed by atoms with van der Waals surface area (Å²) in [4.78, 5) is 12.3. The number of aromatic nitrogens is 3. The zero-order valence-corrected chi connectivity index (χ0v) is 13.9. The van der Waals surface area contributed by atoms with Gasteiger partial charge in [0.15, 0.2) is 5.69 Å². The zero-order valence-electron chi connectivity index (χ0n) is 13.1. The predicted octanol–water partition coefficient (Wildman–Crippen LogP) is 3.57. The molecule has 0 aliphatic carbocycles. The second kappa shape index (κ2) is 7.40. The standard InChI is InChI=1S/C16H21ClN4O/c1-4-5-10-18-16(22)14-15(11(2)3)21(20-19-14)13-8-6-12(17)7-9-13/h6-9,11H,4-5,10H2,1-3H3,(H,18,22). The van der Waals surface area contributed by atoms with Crippen molar-refractivity contribution in [1.82, 2.24) is 20.3 Å². The highest BCUT2D eigenvalue weighted by Crippen LogP contribution is 2.22. The first kappa shape index (κ1) is 16.5. The molecule has 1 aromatic heterocycles. The van der Waals surface area contributed by atoms with Gasteiger partial charge in [-0.3, -0.25) is 4.79 Å². The van der Waals surface area contributed by atoms with E-state index in [1.54, 1.807) is 16.8 Å². The normalized spacial score (nSPS) is 11.0. The van der Waals surface area contributed by atoms with E-state index < -0.39 is 0 Å². The molecule has 0 atom stereocenters. The lowest BCUT2D eigenvalue weighted by atomic mass is 10.1. The first-order chi connectivity index (χ1) is 10.5. The van der Waals surface area contributed by atoms with Crippen LogP contribution in [0.4, 0.5) is 0 Å². The van der Waals surface area contributed by atoms with Crippen LogP contribution in [0.25, 0.3) is 5.69 Å². The van der Waals surface area contributed by atoms with Gasteiger partial charge in [0, 0.05) is 11.6 Å². The third-order valence-electron chi connectivity index (χ3n) is 3.35. The van der Waals surface area contributed by atoms with Crippen molar-refractivity contribution in [3.8, 4) is 5.69 Å². The third kappa shape index (κ3) is 3.65. The van der Waals surface area contributed by atoms with E-state index in [1.807, 2.05) is 26.0 Å². The van der Waals surface area contributed by atoms with E-state index in [2.05, 4.69) is 22.6 Å². The van der Waals surface area contributed by atoms with Crippen molar-refractivity contribution in [1.29, 1.82) is 0 Å². The molecule has 1 N–H and O–H groups in total. The molecule has 6 heteroatoms. The van der Waals surface area contributed by atoms with E-state index in [0.717, 1.165) is 24.2 Å². The van der Waals surface area contributed by atoms with E-state index in [-0.39, 0.29) is 11.8 Å². The first-order valence-corrected chi connectivity index (χ1v) is 7.92. The van der Waals surface area contributed by atoms with Gasteiger partial charge >= 0.3 is 0 Å². The fourth-order valence-corrected chi connectivity index (χ4v) is 2.33. The number of benzene rings is 1. The third-order valence-corrected chi connectivity index (χ3v) is 3.61. The molecule has 2 aromatic rings. The van der Waals surface area contributed by atoms with Crippen LogP contribution in [0.2, 0.25) is 5.02 Å². The molecule has 22 heavy (non-hydrogen) atoms. The molecular weight excluding hydrogens is 300 g/mol. The van der Waals surface area contributed by atoms with Crippen molar-refractivity contribution in [3.05, 3.63) is 40.7 Å². The highest BCUT2D eigenvalue weighted by atomic mass is 35.5. The van der Waals surface area contributed by atoms with Crippen LogP contribution in [0.5, 0.6) is 0 Å². The minimum atomic E-state index is -0.169. The minimum absolute atomic E-state index is 0.123. The highest BCUT2D eigenvalue weighted by Gasteiger charge is 2.22. The van der Waals surface area contributed by atoms with Crippen molar-refractivity contribution in [2.75, 3.05) is 6.54 Å². The number of nitrogens with one attached hydrogen (secondary N) is 1. The van der Waals surface area contributed by atoms with E-state index in [0.29, 0.717) is 17.3 Å². The number of rotatable bonds is 6. The van der Waals surface area contributed by atoms with Gasteiger partial charge in [-0.1, -0.05) is 44.0 Å². The summed E-state index contributed by atoms with van der Waals surface area (Å²) in [7, 11) is 0. The van der Waals surface area contributed by atoms with Gasteiger partial charge in [-0.25, -0.2) is 4.68 Å². The number of hydrogen-bond acceptors (Lipinski definition) is 3. The summed E-state index contributed by atoms with van der Waals surface area (Å²) < 4.78 is 1.70. The van der Waals surface area contributed by atoms with Crippen molar-refractivity contribution < 1.29 is 4.79 Å². The largest absolute Gasteiger partial charge is 0.351 e. The van der Waals surface area contributed by atoms with Gasteiger partial charge in [-0.15, -0.1) is 5.10 Å². The fraction of sp³-hybridized carbons (Fsp3) is 0.438. The van der Waals surface area contributed by atoms with Crippen LogP contribution in [0, 0.1) is 0 Å². The Morgan fingerprint density at radius 1 is 1.32 bits per heavy atom. The summed E-state index contributed by atoms with van der Waals surface area (Å²) in [5.74, 6) is -0.0463. The molecular formula is C16H21ClN4O. The number of amides is 1. The Balaban J connectivity index is 2.33. The van der Waals surface area contributed by atoms with Gasteiger partial charge in [-0.05, 0) is 36.6 Å². The second-order valence-corrected chi connectivity index (χ2v) is 5.91. The molecule has 118 valence electrons. The molecule has 0 aliphatic rings. The van der Waals surface area contributed by atoms with Crippen molar-refractivity contribution >= 4 is 17.5 Å². The van der Waals surface area contributed by atoms with Gasteiger partial charge in [-0.2, -0.15) is 0 Å². The quantitative estimate of drug-likeness (QED) is 0.828. The van der Waals surface area contributed by atoms with E-state index >= 15 is 0 Å². The molecule has 0 bridgehead atoms. The number of unbranched alkanes of at least 4 members (excludes halogenated alkanes) is 1. The molecule has 1 amide bonds. The van der Waals surface area contributed by atoms with Crippen LogP contribution >= 0.6 is 11.6 Å². The maximum atomic E-state index is 12.3. The molecule has 1 aromatic carbocycles. The van der Waals surface area contributed by atoms with Crippen LogP contribution in [-0.4, -0.2) is 27.4 Å². The lowest BCUT2D eigenvalue weighted by Gasteiger charge is -2.11. The molecule has 0 unspecified atom stereocenters. The van der Waals surface area contributed by atoms with Crippen molar-refractivity contribution in [2.45, 2.75) is 39.5 Å². The number of nitrogens with zero attached hydrogens (tertiary/aromatic N) is 3. The van der Waals surface area contributed by atoms with E-state index in [1.165, 1.54) is 0 Å². The Kier molecular flexibility index (Phi) is 5.55. The molecule has 1 heterocycles. The highest BCUT2D eigenvalue weighted by molar-refractivity contribution is 6.30. The van der Waals surface area contributed by atoms with Gasteiger partial charge in [0.2, 0.25) is 0 Å². The Hall–Kier alpha value is -1.88. The summed E-state index contributed by atoms with van der Waals surface area (Å²) in [6.07, 6.45) is 1.99. The van der Waals surface area contributed by atoms with Crippen molar-refractivity contribution in [2.24, 2.45) is 0 Å². The maximum Gasteiger partial charge on any atom is 0.273 e. The van der Waals surface area contributed by atoms with Crippen LogP contribution in [0.1, 0.15) is 55.7 Å².